The van der Waals surface area contributed by atoms with Crippen molar-refractivity contribution >= 4 is 40.6 Å². The molecule has 1 aromatic heterocycles. The summed E-state index contributed by atoms with van der Waals surface area (Å²) >= 11 is 1.56. The van der Waals surface area contributed by atoms with Crippen LogP contribution in [0.3, 0.4) is 0 Å². The largest absolute Gasteiger partial charge is 0.514 e. The standard InChI is InChI=1S/C47H51N5O10S/c1-22-15-25-16-29-30(17-48)52-31-18-57-19-32(54)47(44-27(13-14-49-47)26-11-9-10-12-28(26)50-44)20-63-43(35-34(31)41-40(58-21-59-41)23(2)39(35)60-24(3)53)37(52)36(51(29)7)33(25)42(38(22)56-8)61-45(55)62-46(4,5)6/h9-12,15,29-31,36-37,43,49-50H,13-14,16,18-21H2,1-8H3/t29-,30-,31-,36+,37?,43+,47-/m0/s1. The summed E-state index contributed by atoms with van der Waals surface area (Å²) < 4.78 is 43.4. The molecule has 0 saturated carbocycles. The quantitative estimate of drug-likeness (QED) is 0.131. The number of aromatic nitrogens is 1. The number of methoxy groups -OCH3 is 1. The third-order valence-electron chi connectivity index (χ3n) is 13.6. The van der Waals surface area contributed by atoms with Crippen LogP contribution in [0.2, 0.25) is 0 Å². The van der Waals surface area contributed by atoms with E-state index in [2.05, 4.69) is 38.3 Å². The Kier molecular flexibility index (Phi) is 10.0. The van der Waals surface area contributed by atoms with E-state index in [0.717, 1.165) is 45.3 Å². The fourth-order valence-electron chi connectivity index (χ4n) is 11.2. The van der Waals surface area contributed by atoms with Crippen LogP contribution in [0, 0.1) is 25.2 Å². The number of nitriles is 1. The first-order valence-electron chi connectivity index (χ1n) is 21.4. The predicted octanol–water partition coefficient (Wildman–Crippen LogP) is 6.40. The molecule has 3 aromatic carbocycles. The van der Waals surface area contributed by atoms with E-state index in [-0.39, 0.29) is 43.3 Å². The zero-order valence-corrected chi connectivity index (χ0v) is 37.4. The van der Waals surface area contributed by atoms with Crippen LogP contribution >= 0.6 is 11.8 Å². The summed E-state index contributed by atoms with van der Waals surface area (Å²) in [7, 11) is 3.55. The van der Waals surface area contributed by atoms with Crippen LogP contribution in [0.1, 0.15) is 89.7 Å². The lowest BCUT2D eigenvalue weighted by Crippen LogP contribution is -2.69. The molecule has 4 bridgehead atoms. The number of aromatic amines is 1. The first-order chi connectivity index (χ1) is 30.2. The molecule has 0 aliphatic carbocycles. The molecule has 7 aliphatic heterocycles. The topological polar surface area (TPSA) is 174 Å². The third kappa shape index (κ3) is 6.33. The van der Waals surface area contributed by atoms with Gasteiger partial charge < -0.3 is 38.1 Å². The molecular formula is C47H51N5O10S. The zero-order chi connectivity index (χ0) is 44.3. The third-order valence-corrected chi connectivity index (χ3v) is 15.1. The summed E-state index contributed by atoms with van der Waals surface area (Å²) in [5, 5.41) is 15.5. The number of ketones is 1. The summed E-state index contributed by atoms with van der Waals surface area (Å²) in [6.45, 7) is 10.7. The van der Waals surface area contributed by atoms with Crippen molar-refractivity contribution in [1.82, 2.24) is 20.1 Å². The van der Waals surface area contributed by atoms with Crippen LogP contribution in [-0.4, -0.2) is 103 Å². The maximum Gasteiger partial charge on any atom is 0.514 e. The molecule has 16 heteroatoms. The summed E-state index contributed by atoms with van der Waals surface area (Å²) in [5.74, 6) is 1.52. The number of ether oxygens (including phenoxy) is 7. The molecular weight excluding hydrogens is 827 g/mol. The maximum atomic E-state index is 15.0. The van der Waals surface area contributed by atoms with Gasteiger partial charge in [0, 0.05) is 70.2 Å². The highest BCUT2D eigenvalue weighted by Crippen LogP contribution is 2.64. The van der Waals surface area contributed by atoms with Crippen molar-refractivity contribution < 1.29 is 47.5 Å². The van der Waals surface area contributed by atoms with Crippen molar-refractivity contribution in [3.8, 4) is 34.8 Å². The number of piperazine rings is 1. The Morgan fingerprint density at radius 2 is 1.83 bits per heavy atom. The van der Waals surface area contributed by atoms with Gasteiger partial charge in [-0.15, -0.1) is 11.8 Å². The molecule has 2 fully saturated rings. The highest BCUT2D eigenvalue weighted by molar-refractivity contribution is 7.99. The summed E-state index contributed by atoms with van der Waals surface area (Å²) in [6.07, 6.45) is 0.299. The number of nitrogens with one attached hydrogen (secondary N) is 2. The fraction of sp³-hybridized carbons (Fsp3) is 0.489. The Morgan fingerprint density at radius 1 is 1.05 bits per heavy atom. The number of hydrogen-bond acceptors (Lipinski definition) is 15. The lowest BCUT2D eigenvalue weighted by Gasteiger charge is -2.61. The molecule has 4 aromatic rings. The number of para-hydroxylation sites is 1. The van der Waals surface area contributed by atoms with E-state index in [1.807, 2.05) is 39.1 Å². The number of thioether (sulfide) groups is 1. The second-order valence-corrected chi connectivity index (χ2v) is 19.5. The first kappa shape index (κ1) is 41.7. The number of Topliss-reactive ketones (excluding diaryl/α,β-unsaturated/α-hetero) is 1. The highest BCUT2D eigenvalue weighted by Gasteiger charge is 2.61. The number of esters is 1. The van der Waals surface area contributed by atoms with Crippen molar-refractivity contribution in [3.63, 3.8) is 0 Å². The molecule has 15 nitrogen and oxygen atoms in total. The van der Waals surface area contributed by atoms with E-state index in [1.54, 1.807) is 39.6 Å². The molecule has 7 atom stereocenters. The Balaban J connectivity index is 1.25. The number of aryl methyl sites for hydroxylation is 1. The van der Waals surface area contributed by atoms with Gasteiger partial charge in [-0.2, -0.15) is 5.26 Å². The molecule has 8 heterocycles. The highest BCUT2D eigenvalue weighted by atomic mass is 32.2. The number of carbonyl (C=O) groups is 3. The Morgan fingerprint density at radius 3 is 2.57 bits per heavy atom. The smallest absolute Gasteiger partial charge is 0.493 e. The van der Waals surface area contributed by atoms with Gasteiger partial charge in [0.25, 0.3) is 0 Å². The van der Waals surface area contributed by atoms with Gasteiger partial charge in [-0.25, -0.2) is 4.79 Å². The Labute approximate surface area is 369 Å². The number of carbonyl (C=O) groups excluding carboxylic acids is 3. The monoisotopic (exact) mass is 877 g/mol. The molecule has 2 N–H and O–H groups in total. The van der Waals surface area contributed by atoms with Crippen molar-refractivity contribution in [1.29, 1.82) is 5.26 Å². The minimum atomic E-state index is -1.20. The molecule has 0 radical (unpaired) electrons. The van der Waals surface area contributed by atoms with E-state index < -0.39 is 52.7 Å². The molecule has 63 heavy (non-hydrogen) atoms. The molecule has 1 spiro atoms. The predicted molar refractivity (Wildman–Crippen MR) is 232 cm³/mol. The van der Waals surface area contributed by atoms with E-state index in [4.69, 9.17) is 33.2 Å². The minimum Gasteiger partial charge on any atom is -0.493 e. The SMILES string of the molecule is COc1c(C)cc2c(c1OC(=O)OC(C)(C)C)[C@@H]1C3[C@@H]4SC[C@]5(NCCc6c5[nH]c5ccccc65)C(=O)COC[C@@H](c5c6c(c(C)c(OC(C)=O)c54)OCO6)N3[C@@H](C#N)[C@H](C2)N1C. The Bertz CT molecular complexity index is 2650. The van der Waals surface area contributed by atoms with Crippen molar-refractivity contribution in [2.45, 2.75) is 101 Å². The average Bonchev–Trinajstić information content (AvgIpc) is 3.87. The van der Waals surface area contributed by atoms with Gasteiger partial charge >= 0.3 is 12.1 Å². The van der Waals surface area contributed by atoms with Crippen molar-refractivity contribution in [3.05, 3.63) is 75.0 Å². The normalized spacial score (nSPS) is 27.4. The fourth-order valence-corrected chi connectivity index (χ4v) is 12.9. The summed E-state index contributed by atoms with van der Waals surface area (Å²) in [6, 6.07) is 10.0. The average molecular weight is 878 g/mol. The van der Waals surface area contributed by atoms with Gasteiger partial charge in [-0.3, -0.25) is 24.7 Å². The van der Waals surface area contributed by atoms with Crippen LogP contribution < -0.4 is 29.0 Å². The number of nitrogens with zero attached hydrogens (tertiary/aromatic N) is 3. The number of benzene rings is 3. The van der Waals surface area contributed by atoms with Crippen molar-refractivity contribution in [2.24, 2.45) is 0 Å². The van der Waals surface area contributed by atoms with Crippen LogP contribution in [0.4, 0.5) is 4.79 Å². The van der Waals surface area contributed by atoms with Gasteiger partial charge in [0.15, 0.2) is 28.8 Å². The number of hydrogen-bond donors (Lipinski definition) is 2. The number of rotatable bonds is 3. The zero-order valence-electron chi connectivity index (χ0n) is 36.6. The summed E-state index contributed by atoms with van der Waals surface area (Å²) in [5.41, 5.74) is 5.17. The van der Waals surface area contributed by atoms with Gasteiger partial charge in [0.05, 0.1) is 37.1 Å². The van der Waals surface area contributed by atoms with E-state index in [0.29, 0.717) is 52.7 Å². The molecule has 0 amide bonds. The number of H-pyrrole nitrogens is 1. The second kappa shape index (κ2) is 15.2. The first-order valence-corrected chi connectivity index (χ1v) is 22.4. The molecule has 2 saturated heterocycles. The maximum absolute atomic E-state index is 15.0. The van der Waals surface area contributed by atoms with Gasteiger partial charge in [0.1, 0.15) is 29.5 Å². The minimum absolute atomic E-state index is 0.00663. The molecule has 1 unspecified atom stereocenters. The van der Waals surface area contributed by atoms with Crippen LogP contribution in [0.25, 0.3) is 10.9 Å². The van der Waals surface area contributed by atoms with Crippen LogP contribution in [0.15, 0.2) is 30.3 Å². The Hall–Kier alpha value is -5.31. The number of fused-ring (bicyclic) bond motifs is 12. The van der Waals surface area contributed by atoms with E-state index in [9.17, 15) is 14.9 Å². The van der Waals surface area contributed by atoms with E-state index in [1.165, 1.54) is 6.92 Å². The summed E-state index contributed by atoms with van der Waals surface area (Å²) in [4.78, 5) is 50.0. The number of likely N-dealkylation sites (N-methyl/N-ethyl adjacent to an activating group) is 1. The van der Waals surface area contributed by atoms with Gasteiger partial charge in [-0.1, -0.05) is 24.3 Å². The van der Waals surface area contributed by atoms with E-state index >= 15 is 4.79 Å². The van der Waals surface area contributed by atoms with Gasteiger partial charge in [0.2, 0.25) is 6.79 Å². The van der Waals surface area contributed by atoms with Gasteiger partial charge in [-0.05, 0) is 77.3 Å². The molecule has 330 valence electrons. The molecule has 11 rings (SSSR count). The lowest BCUT2D eigenvalue weighted by atomic mass is 9.71. The lowest BCUT2D eigenvalue weighted by molar-refractivity contribution is -0.133. The second-order valence-electron chi connectivity index (χ2n) is 18.3. The van der Waals surface area contributed by atoms with Crippen LogP contribution in [-0.2, 0) is 37.4 Å². The van der Waals surface area contributed by atoms with Crippen LogP contribution in [0.5, 0.6) is 28.7 Å². The van der Waals surface area contributed by atoms with Crippen molar-refractivity contribution in [2.75, 3.05) is 46.5 Å². The molecule has 7 aliphatic rings.